The van der Waals surface area contributed by atoms with Crippen molar-refractivity contribution >= 4 is 18.0 Å². The molecule has 0 saturated heterocycles. The summed E-state index contributed by atoms with van der Waals surface area (Å²) in [5.41, 5.74) is 1.34. The number of amides is 1. The highest BCUT2D eigenvalue weighted by Gasteiger charge is 2.06. The van der Waals surface area contributed by atoms with Gasteiger partial charge in [0.1, 0.15) is 5.69 Å². The largest absolute Gasteiger partial charge is 0.481 e. The van der Waals surface area contributed by atoms with Crippen LogP contribution in [0.5, 0.6) is 0 Å². The standard InChI is InChI=1S/C23H36N2O3/c1-2-3-4-5-6-7-8-9-10-11-12-14-20-16-17-21(25-19-20)23(28)24-18-13-15-22(26)27/h12,14,16-17,19H,2-11,13,15,18H2,1H3,(H,24,28)(H,26,27). The zero-order valence-corrected chi connectivity index (χ0v) is 17.3. The first-order chi connectivity index (χ1) is 13.6. The number of carboxylic acid groups (broad SMARTS) is 1. The summed E-state index contributed by atoms with van der Waals surface area (Å²) < 4.78 is 0. The summed E-state index contributed by atoms with van der Waals surface area (Å²) in [6, 6.07) is 3.58. The summed E-state index contributed by atoms with van der Waals surface area (Å²) in [5.74, 6) is -1.12. The molecule has 0 atom stereocenters. The van der Waals surface area contributed by atoms with Gasteiger partial charge in [0.25, 0.3) is 5.91 Å². The molecule has 1 aromatic heterocycles. The highest BCUT2D eigenvalue weighted by atomic mass is 16.4. The summed E-state index contributed by atoms with van der Waals surface area (Å²) in [7, 11) is 0. The third kappa shape index (κ3) is 12.3. The second-order valence-electron chi connectivity index (χ2n) is 7.25. The second-order valence-corrected chi connectivity index (χ2v) is 7.25. The molecule has 0 aliphatic carbocycles. The minimum absolute atomic E-state index is 0.0520. The Balaban J connectivity index is 2.13. The molecule has 28 heavy (non-hydrogen) atoms. The number of pyridine rings is 1. The zero-order chi connectivity index (χ0) is 20.5. The number of rotatable bonds is 16. The molecule has 0 fully saturated rings. The lowest BCUT2D eigenvalue weighted by Gasteiger charge is -2.03. The molecule has 0 bridgehead atoms. The van der Waals surface area contributed by atoms with Crippen LogP contribution >= 0.6 is 0 Å². The van der Waals surface area contributed by atoms with E-state index in [9.17, 15) is 9.59 Å². The van der Waals surface area contributed by atoms with Crippen molar-refractivity contribution in [3.05, 3.63) is 35.7 Å². The highest BCUT2D eigenvalue weighted by Crippen LogP contribution is 2.11. The molecule has 0 aliphatic rings. The van der Waals surface area contributed by atoms with E-state index in [1.165, 1.54) is 57.8 Å². The zero-order valence-electron chi connectivity index (χ0n) is 17.3. The lowest BCUT2D eigenvalue weighted by atomic mass is 10.1. The van der Waals surface area contributed by atoms with Gasteiger partial charge < -0.3 is 10.4 Å². The van der Waals surface area contributed by atoms with E-state index in [2.05, 4.69) is 23.3 Å². The van der Waals surface area contributed by atoms with E-state index in [-0.39, 0.29) is 12.3 Å². The molecular formula is C23H36N2O3. The van der Waals surface area contributed by atoms with Gasteiger partial charge in [-0.25, -0.2) is 0 Å². The minimum atomic E-state index is -0.856. The van der Waals surface area contributed by atoms with E-state index in [0.717, 1.165) is 12.0 Å². The van der Waals surface area contributed by atoms with Gasteiger partial charge in [0, 0.05) is 19.2 Å². The van der Waals surface area contributed by atoms with Crippen molar-refractivity contribution in [2.75, 3.05) is 6.54 Å². The van der Waals surface area contributed by atoms with Crippen molar-refractivity contribution in [1.82, 2.24) is 10.3 Å². The van der Waals surface area contributed by atoms with Gasteiger partial charge in [-0.15, -0.1) is 0 Å². The average molecular weight is 389 g/mol. The summed E-state index contributed by atoms with van der Waals surface area (Å²) in [4.78, 5) is 26.5. The molecular weight excluding hydrogens is 352 g/mol. The number of carboxylic acids is 1. The van der Waals surface area contributed by atoms with Gasteiger partial charge >= 0.3 is 5.97 Å². The fourth-order valence-electron chi connectivity index (χ4n) is 2.96. The third-order valence-corrected chi connectivity index (χ3v) is 4.66. The quantitative estimate of drug-likeness (QED) is 0.361. The summed E-state index contributed by atoms with van der Waals surface area (Å²) >= 11 is 0. The third-order valence-electron chi connectivity index (χ3n) is 4.66. The average Bonchev–Trinajstić information content (AvgIpc) is 2.69. The molecule has 0 spiro atoms. The smallest absolute Gasteiger partial charge is 0.303 e. The molecule has 0 aromatic carbocycles. The van der Waals surface area contributed by atoms with Crippen molar-refractivity contribution in [2.45, 2.75) is 84.0 Å². The molecule has 1 heterocycles. The van der Waals surface area contributed by atoms with Gasteiger partial charge in [0.05, 0.1) is 0 Å². The lowest BCUT2D eigenvalue weighted by molar-refractivity contribution is -0.137. The van der Waals surface area contributed by atoms with Gasteiger partial charge in [0.2, 0.25) is 0 Å². The van der Waals surface area contributed by atoms with Crippen molar-refractivity contribution in [1.29, 1.82) is 0 Å². The van der Waals surface area contributed by atoms with Crippen LogP contribution in [-0.2, 0) is 4.79 Å². The Bertz CT molecular complexity index is 582. The molecule has 156 valence electrons. The van der Waals surface area contributed by atoms with Gasteiger partial charge in [-0.3, -0.25) is 14.6 Å². The maximum absolute atomic E-state index is 11.9. The van der Waals surface area contributed by atoms with Crippen LogP contribution in [0.2, 0.25) is 0 Å². The molecule has 0 aliphatic heterocycles. The first-order valence-electron chi connectivity index (χ1n) is 10.8. The fourth-order valence-corrected chi connectivity index (χ4v) is 2.96. The van der Waals surface area contributed by atoms with Crippen molar-refractivity contribution in [2.24, 2.45) is 0 Å². The number of hydrogen-bond donors (Lipinski definition) is 2. The Labute approximate surface area is 169 Å². The number of carbonyl (C=O) groups is 2. The molecule has 1 rings (SSSR count). The second kappa shape index (κ2) is 15.8. The van der Waals surface area contributed by atoms with Crippen LogP contribution in [0.1, 0.15) is 100 Å². The number of aromatic nitrogens is 1. The van der Waals surface area contributed by atoms with E-state index in [1.54, 1.807) is 12.3 Å². The Kier molecular flexibility index (Phi) is 13.5. The number of carbonyl (C=O) groups excluding carboxylic acids is 1. The summed E-state index contributed by atoms with van der Waals surface area (Å²) in [6.07, 6.45) is 19.5. The maximum atomic E-state index is 11.9. The molecule has 0 unspecified atom stereocenters. The highest BCUT2D eigenvalue weighted by molar-refractivity contribution is 5.92. The van der Waals surface area contributed by atoms with E-state index in [1.807, 2.05) is 12.1 Å². The number of unbranched alkanes of at least 4 members (excludes halogenated alkanes) is 9. The Hall–Kier alpha value is -2.17. The van der Waals surface area contributed by atoms with Crippen molar-refractivity contribution < 1.29 is 14.7 Å². The summed E-state index contributed by atoms with van der Waals surface area (Å²) in [5, 5.41) is 11.3. The number of nitrogens with one attached hydrogen (secondary N) is 1. The van der Waals surface area contributed by atoms with Gasteiger partial charge in [-0.2, -0.15) is 0 Å². The molecule has 0 radical (unpaired) electrons. The molecule has 5 nitrogen and oxygen atoms in total. The first-order valence-corrected chi connectivity index (χ1v) is 10.8. The van der Waals surface area contributed by atoms with Crippen LogP contribution in [0, 0.1) is 0 Å². The van der Waals surface area contributed by atoms with Crippen LogP contribution in [0.3, 0.4) is 0 Å². The van der Waals surface area contributed by atoms with Crippen LogP contribution in [-0.4, -0.2) is 28.5 Å². The topological polar surface area (TPSA) is 79.3 Å². The van der Waals surface area contributed by atoms with Gasteiger partial charge in [0.15, 0.2) is 0 Å². The molecule has 1 amide bonds. The van der Waals surface area contributed by atoms with E-state index in [0.29, 0.717) is 18.7 Å². The maximum Gasteiger partial charge on any atom is 0.303 e. The van der Waals surface area contributed by atoms with Crippen LogP contribution in [0.25, 0.3) is 6.08 Å². The Morgan fingerprint density at radius 3 is 2.29 bits per heavy atom. The number of hydrogen-bond acceptors (Lipinski definition) is 3. The SMILES string of the molecule is CCCCCCCCCCCC=Cc1ccc(C(=O)NCCCC(=O)O)nc1. The van der Waals surface area contributed by atoms with E-state index in [4.69, 9.17) is 5.11 Å². The van der Waals surface area contributed by atoms with Gasteiger partial charge in [-0.05, 0) is 30.9 Å². The Morgan fingerprint density at radius 1 is 1.00 bits per heavy atom. The monoisotopic (exact) mass is 388 g/mol. The predicted molar refractivity (Wildman–Crippen MR) is 114 cm³/mol. The van der Waals surface area contributed by atoms with Crippen molar-refractivity contribution in [3.63, 3.8) is 0 Å². The van der Waals surface area contributed by atoms with E-state index < -0.39 is 5.97 Å². The Morgan fingerprint density at radius 2 is 1.68 bits per heavy atom. The molecule has 2 N–H and O–H groups in total. The fraction of sp³-hybridized carbons (Fsp3) is 0.609. The van der Waals surface area contributed by atoms with Crippen molar-refractivity contribution in [3.8, 4) is 0 Å². The number of allylic oxidation sites excluding steroid dienone is 1. The van der Waals surface area contributed by atoms with Gasteiger partial charge in [-0.1, -0.05) is 76.5 Å². The normalized spacial score (nSPS) is 11.0. The van der Waals surface area contributed by atoms with E-state index >= 15 is 0 Å². The predicted octanol–water partition coefficient (Wildman–Crippen LogP) is 5.61. The molecule has 0 saturated carbocycles. The van der Waals surface area contributed by atoms with Crippen LogP contribution in [0.4, 0.5) is 0 Å². The lowest BCUT2D eigenvalue weighted by Crippen LogP contribution is -2.25. The summed E-state index contributed by atoms with van der Waals surface area (Å²) in [6.45, 7) is 2.59. The first kappa shape index (κ1) is 23.9. The number of aliphatic carboxylic acids is 1. The minimum Gasteiger partial charge on any atom is -0.481 e. The molecule has 1 aromatic rings. The molecule has 5 heteroatoms. The number of nitrogens with zero attached hydrogens (tertiary/aromatic N) is 1. The van der Waals surface area contributed by atoms with Crippen LogP contribution < -0.4 is 5.32 Å². The van der Waals surface area contributed by atoms with Crippen LogP contribution in [0.15, 0.2) is 24.4 Å².